The molecule has 25 heavy (non-hydrogen) atoms. The normalized spacial score (nSPS) is 24.9. The molecule has 2 aliphatic carbocycles. The molecule has 3 atom stereocenters. The van der Waals surface area contributed by atoms with Crippen LogP contribution in [0.4, 0.5) is 0 Å². The number of carbonyl (C=O) groups excluding carboxylic acids is 1. The van der Waals surface area contributed by atoms with Crippen molar-refractivity contribution in [2.24, 2.45) is 11.8 Å². The van der Waals surface area contributed by atoms with Gasteiger partial charge in [0, 0.05) is 29.4 Å². The van der Waals surface area contributed by atoms with E-state index in [0.717, 1.165) is 30.4 Å². The Morgan fingerprint density at radius 1 is 1.28 bits per heavy atom. The lowest BCUT2D eigenvalue weighted by Crippen LogP contribution is -2.09. The molecule has 1 aromatic carbocycles. The van der Waals surface area contributed by atoms with Crippen LogP contribution in [0.15, 0.2) is 67.3 Å². The van der Waals surface area contributed by atoms with Crippen LogP contribution < -0.4 is 0 Å². The monoisotopic (exact) mass is 336 g/mol. The highest BCUT2D eigenvalue weighted by Gasteiger charge is 2.30. The number of fused-ring (bicyclic) bond motifs is 1. The van der Waals surface area contributed by atoms with E-state index in [2.05, 4.69) is 26.1 Å². The van der Waals surface area contributed by atoms with Gasteiger partial charge >= 0.3 is 0 Å². The number of rotatable bonds is 4. The van der Waals surface area contributed by atoms with Crippen molar-refractivity contribution in [2.75, 3.05) is 0 Å². The molecular weight excluding hydrogens is 308 g/mol. The van der Waals surface area contributed by atoms with E-state index >= 15 is 0 Å². The van der Waals surface area contributed by atoms with Gasteiger partial charge in [-0.2, -0.15) is 0 Å². The van der Waals surface area contributed by atoms with Gasteiger partial charge in [0.25, 0.3) is 0 Å². The van der Waals surface area contributed by atoms with Crippen molar-refractivity contribution in [2.45, 2.75) is 39.0 Å². The zero-order chi connectivity index (χ0) is 18.4. The summed E-state index contributed by atoms with van der Waals surface area (Å²) in [6.45, 7) is 11.6. The molecule has 0 heterocycles. The third-order valence-electron chi connectivity index (χ3n) is 5.13. The van der Waals surface area contributed by atoms with E-state index in [1.54, 1.807) is 6.08 Å². The van der Waals surface area contributed by atoms with Gasteiger partial charge in [-0.25, -0.2) is 0 Å². The molecule has 2 aliphatic rings. The Morgan fingerprint density at radius 2 is 2.00 bits per heavy atom. The predicted octanol–water partition coefficient (Wildman–Crippen LogP) is 5.99. The lowest BCUT2D eigenvalue weighted by molar-refractivity contribution is -0.119. The molecule has 1 aromatic rings. The summed E-state index contributed by atoms with van der Waals surface area (Å²) >= 11 is 0. The second kappa shape index (κ2) is 8.66. The zero-order valence-electron chi connectivity index (χ0n) is 15.2. The number of ketones is 1. The third-order valence-corrected chi connectivity index (χ3v) is 5.13. The molecule has 1 saturated carbocycles. The van der Waals surface area contributed by atoms with E-state index in [9.17, 15) is 9.90 Å². The smallest absolute Gasteiger partial charge is 0.140 e. The van der Waals surface area contributed by atoms with Crippen molar-refractivity contribution in [1.82, 2.24) is 0 Å². The average molecular weight is 336 g/mol. The van der Waals surface area contributed by atoms with Crippen molar-refractivity contribution < 1.29 is 9.90 Å². The third kappa shape index (κ3) is 3.84. The van der Waals surface area contributed by atoms with Gasteiger partial charge in [-0.1, -0.05) is 62.1 Å². The molecule has 3 unspecified atom stereocenters. The molecule has 132 valence electrons. The summed E-state index contributed by atoms with van der Waals surface area (Å²) in [5, 5.41) is 9.95. The van der Waals surface area contributed by atoms with Crippen LogP contribution in [0, 0.1) is 11.8 Å². The number of benzene rings is 1. The molecule has 2 nitrogen and oxygen atoms in total. The maximum atomic E-state index is 11.2. The number of aliphatic hydroxyl groups is 1. The van der Waals surface area contributed by atoms with Crippen molar-refractivity contribution >= 4 is 11.5 Å². The summed E-state index contributed by atoms with van der Waals surface area (Å²) in [6.07, 6.45) is 10.3. The maximum Gasteiger partial charge on any atom is 0.140 e. The molecule has 0 saturated heterocycles. The first-order valence-corrected chi connectivity index (χ1v) is 9.01. The molecule has 0 amide bonds. The largest absolute Gasteiger partial charge is 0.507 e. The molecule has 0 aliphatic heterocycles. The van der Waals surface area contributed by atoms with Gasteiger partial charge in [0.15, 0.2) is 0 Å². The fourth-order valence-electron chi connectivity index (χ4n) is 3.80. The minimum Gasteiger partial charge on any atom is -0.507 e. The van der Waals surface area contributed by atoms with Crippen LogP contribution in [0.3, 0.4) is 0 Å². The summed E-state index contributed by atoms with van der Waals surface area (Å²) in [5.41, 5.74) is 3.16. The molecule has 3 rings (SSSR count). The lowest BCUT2D eigenvalue weighted by Gasteiger charge is -2.10. The van der Waals surface area contributed by atoms with Crippen molar-refractivity contribution in [1.29, 1.82) is 0 Å². The topological polar surface area (TPSA) is 37.3 Å². The summed E-state index contributed by atoms with van der Waals surface area (Å²) in [7, 11) is 0. The molecule has 0 bridgehead atoms. The first-order valence-electron chi connectivity index (χ1n) is 9.01. The van der Waals surface area contributed by atoms with Gasteiger partial charge in [-0.15, -0.1) is 6.58 Å². The van der Waals surface area contributed by atoms with Gasteiger partial charge in [0.05, 0.1) is 0 Å². The second-order valence-corrected chi connectivity index (χ2v) is 6.51. The average Bonchev–Trinajstić information content (AvgIpc) is 3.13. The van der Waals surface area contributed by atoms with Crippen LogP contribution in [0.1, 0.15) is 50.2 Å². The van der Waals surface area contributed by atoms with Crippen molar-refractivity contribution in [3.05, 3.63) is 78.4 Å². The quantitative estimate of drug-likeness (QED) is 0.685. The number of carbonyl (C=O) groups is 1. The van der Waals surface area contributed by atoms with E-state index in [0.29, 0.717) is 23.4 Å². The Kier molecular flexibility index (Phi) is 6.58. The van der Waals surface area contributed by atoms with Crippen LogP contribution in [0.5, 0.6) is 0 Å². The van der Waals surface area contributed by atoms with E-state index in [-0.39, 0.29) is 5.92 Å². The summed E-state index contributed by atoms with van der Waals surface area (Å²) in [4.78, 5) is 11.2. The van der Waals surface area contributed by atoms with Gasteiger partial charge in [0.2, 0.25) is 0 Å². The van der Waals surface area contributed by atoms with E-state index < -0.39 is 0 Å². The lowest BCUT2D eigenvalue weighted by atomic mass is 9.93. The number of allylic oxidation sites excluding steroid dienone is 5. The first-order chi connectivity index (χ1) is 12.1. The Morgan fingerprint density at radius 3 is 2.60 bits per heavy atom. The molecule has 0 aromatic heterocycles. The summed E-state index contributed by atoms with van der Waals surface area (Å²) in [6, 6.07) is 8.01. The Balaban J connectivity index is 0.000000186. The van der Waals surface area contributed by atoms with Crippen LogP contribution in [-0.2, 0) is 4.79 Å². The second-order valence-electron chi connectivity index (χ2n) is 6.51. The highest BCUT2D eigenvalue weighted by atomic mass is 16.3. The number of Topliss-reactive ketones (excluding diaryl/α,β-unsaturated/α-hetero) is 1. The molecule has 2 heteroatoms. The van der Waals surface area contributed by atoms with Gasteiger partial charge < -0.3 is 5.11 Å². The minimum atomic E-state index is 0.123. The number of hydrogen-bond acceptors (Lipinski definition) is 2. The van der Waals surface area contributed by atoms with Crippen molar-refractivity contribution in [3.63, 3.8) is 0 Å². The van der Waals surface area contributed by atoms with Crippen LogP contribution in [0.25, 0.3) is 5.76 Å². The van der Waals surface area contributed by atoms with Gasteiger partial charge in [-0.05, 0) is 31.2 Å². The fraction of sp³-hybridized carbons (Fsp3) is 0.348. The standard InChI is InChI=1S/C13H14O.C10H14O/c1-3-9-10(4-2)13(14)12-8-6-5-7-11(9)12;1-3-5-9-8(4-2)6-7-10(9)11/h4-9,14H,2-3H2,1H3;3-5,8-9H,2,6-7H2,1H3/b;5-3-. The van der Waals surface area contributed by atoms with Gasteiger partial charge in [-0.3, -0.25) is 4.79 Å². The molecule has 1 N–H and O–H groups in total. The van der Waals surface area contributed by atoms with Crippen molar-refractivity contribution in [3.8, 4) is 0 Å². The fourth-order valence-corrected chi connectivity index (χ4v) is 3.80. The highest BCUT2D eigenvalue weighted by molar-refractivity contribution is 5.85. The van der Waals surface area contributed by atoms with E-state index in [1.165, 1.54) is 5.56 Å². The molecule has 0 spiro atoms. The van der Waals surface area contributed by atoms with Crippen LogP contribution in [-0.4, -0.2) is 10.9 Å². The van der Waals surface area contributed by atoms with E-state index in [1.807, 2.05) is 43.4 Å². The molecule has 1 fully saturated rings. The Labute approximate surface area is 151 Å². The Bertz CT molecular complexity index is 709. The maximum absolute atomic E-state index is 11.2. The highest BCUT2D eigenvalue weighted by Crippen LogP contribution is 2.42. The van der Waals surface area contributed by atoms with Crippen LogP contribution in [0.2, 0.25) is 0 Å². The SMILES string of the molecule is C=CC1=C(O)c2ccccc2C1CC.C=CC1CCC(=O)C1/C=C\C. The summed E-state index contributed by atoms with van der Waals surface area (Å²) < 4.78 is 0. The van der Waals surface area contributed by atoms with E-state index in [4.69, 9.17) is 0 Å². The van der Waals surface area contributed by atoms with Gasteiger partial charge in [0.1, 0.15) is 11.5 Å². The number of aliphatic hydroxyl groups excluding tert-OH is 1. The molecule has 0 radical (unpaired) electrons. The van der Waals surface area contributed by atoms with Crippen LogP contribution >= 0.6 is 0 Å². The number of hydrogen-bond donors (Lipinski definition) is 1. The zero-order valence-corrected chi connectivity index (χ0v) is 15.2. The first kappa shape index (κ1) is 19.0. The molecular formula is C23H28O2. The minimum absolute atomic E-state index is 0.123. The summed E-state index contributed by atoms with van der Waals surface area (Å²) in [5.74, 6) is 1.61. The Hall–Kier alpha value is -2.35. The predicted molar refractivity (Wildman–Crippen MR) is 105 cm³/mol.